The topological polar surface area (TPSA) is 36.2 Å². The third-order valence-corrected chi connectivity index (χ3v) is 2.48. The molecule has 0 aliphatic carbocycles. The Kier molecular flexibility index (Phi) is 3.33. The van der Waals surface area contributed by atoms with E-state index < -0.39 is 11.7 Å². The predicted molar refractivity (Wildman–Crippen MR) is 61.7 cm³/mol. The van der Waals surface area contributed by atoms with E-state index in [9.17, 15) is 18.4 Å². The second-order valence-corrected chi connectivity index (χ2v) is 3.95. The van der Waals surface area contributed by atoms with Crippen molar-refractivity contribution in [1.29, 1.82) is 0 Å². The van der Waals surface area contributed by atoms with E-state index in [1.807, 2.05) is 0 Å². The largest absolute Gasteiger partial charge is 0.616 e. The van der Waals surface area contributed by atoms with Gasteiger partial charge in [0.25, 0.3) is 0 Å². The molecule has 0 atom stereocenters. The first-order chi connectivity index (χ1) is 8.88. The molecule has 0 radical (unpaired) electrons. The second-order valence-electron chi connectivity index (χ2n) is 3.95. The summed E-state index contributed by atoms with van der Waals surface area (Å²) in [6.45, 7) is 1.64. The maximum atomic E-state index is 12.5. The Balaban J connectivity index is 2.34. The molecule has 2 rings (SSSR count). The minimum absolute atomic E-state index is 0.0336. The number of benzene rings is 1. The fourth-order valence-corrected chi connectivity index (χ4v) is 1.55. The predicted octanol–water partition coefficient (Wildman–Crippen LogP) is 3.44. The Morgan fingerprint density at radius 1 is 1.16 bits per heavy atom. The molecule has 3 nitrogen and oxygen atoms in total. The summed E-state index contributed by atoms with van der Waals surface area (Å²) in [4.78, 5) is 0. The molecule has 1 heterocycles. The van der Waals surface area contributed by atoms with E-state index in [-0.39, 0.29) is 11.6 Å². The molecule has 6 heteroatoms. The Bertz CT molecular complexity index is 576. The molecule has 0 spiro atoms. The number of hydrogen-bond acceptors (Lipinski definition) is 2. The Hall–Kier alpha value is -2.24. The number of aryl methyl sites for hydroxylation is 1. The van der Waals surface area contributed by atoms with Crippen LogP contribution in [0.1, 0.15) is 11.1 Å². The fraction of sp³-hybridized carbons (Fsp3) is 0.154. The molecule has 0 fully saturated rings. The maximum Gasteiger partial charge on any atom is 0.416 e. The highest BCUT2D eigenvalue weighted by Gasteiger charge is 2.30. The van der Waals surface area contributed by atoms with Crippen LogP contribution in [-0.4, -0.2) is 0 Å². The lowest BCUT2D eigenvalue weighted by atomic mass is 10.2. The second kappa shape index (κ2) is 4.79. The quantitative estimate of drug-likeness (QED) is 0.618. The zero-order valence-electron chi connectivity index (χ0n) is 9.94. The standard InChI is InChI=1S/C13H10F3NO2/c1-9-4-3-7-17(18)12(9)19-11-6-2-5-10(8-11)13(14,15)16/h2-8H,1H3. The molecule has 100 valence electrons. The van der Waals surface area contributed by atoms with Crippen molar-refractivity contribution < 1.29 is 22.6 Å². The molecule has 0 aliphatic rings. The summed E-state index contributed by atoms with van der Waals surface area (Å²) in [7, 11) is 0. The first-order valence-electron chi connectivity index (χ1n) is 5.42. The van der Waals surface area contributed by atoms with Gasteiger partial charge < -0.3 is 9.94 Å². The van der Waals surface area contributed by atoms with Crippen LogP contribution >= 0.6 is 0 Å². The summed E-state index contributed by atoms with van der Waals surface area (Å²) >= 11 is 0. The van der Waals surface area contributed by atoms with Gasteiger partial charge >= 0.3 is 12.1 Å². The molecule has 0 N–H and O–H groups in total. The molecule has 0 amide bonds. The Morgan fingerprint density at radius 2 is 1.89 bits per heavy atom. The van der Waals surface area contributed by atoms with Gasteiger partial charge in [0, 0.05) is 6.07 Å². The number of halogens is 3. The number of rotatable bonds is 2. The van der Waals surface area contributed by atoms with Crippen molar-refractivity contribution >= 4 is 0 Å². The van der Waals surface area contributed by atoms with Crippen molar-refractivity contribution in [2.75, 3.05) is 0 Å². The maximum absolute atomic E-state index is 12.5. The third-order valence-electron chi connectivity index (χ3n) is 2.48. The van der Waals surface area contributed by atoms with E-state index >= 15 is 0 Å². The van der Waals surface area contributed by atoms with Gasteiger partial charge in [-0.1, -0.05) is 6.07 Å². The van der Waals surface area contributed by atoms with Crippen LogP contribution in [0.15, 0.2) is 42.6 Å². The minimum Gasteiger partial charge on any atom is -0.616 e. The highest BCUT2D eigenvalue weighted by Crippen LogP contribution is 2.32. The highest BCUT2D eigenvalue weighted by molar-refractivity contribution is 5.33. The van der Waals surface area contributed by atoms with Gasteiger partial charge in [0.2, 0.25) is 0 Å². The highest BCUT2D eigenvalue weighted by atomic mass is 19.4. The van der Waals surface area contributed by atoms with Crippen LogP contribution in [-0.2, 0) is 6.18 Å². The van der Waals surface area contributed by atoms with Crippen molar-refractivity contribution in [3.8, 4) is 11.6 Å². The normalized spacial score (nSPS) is 11.4. The van der Waals surface area contributed by atoms with Gasteiger partial charge in [0.15, 0.2) is 6.20 Å². The van der Waals surface area contributed by atoms with Gasteiger partial charge in [-0.3, -0.25) is 0 Å². The Labute approximate surface area is 107 Å². The van der Waals surface area contributed by atoms with Gasteiger partial charge in [-0.25, -0.2) is 0 Å². The first-order valence-corrected chi connectivity index (χ1v) is 5.42. The smallest absolute Gasteiger partial charge is 0.416 e. The van der Waals surface area contributed by atoms with Crippen LogP contribution in [0.3, 0.4) is 0 Å². The average molecular weight is 269 g/mol. The molecule has 1 aromatic carbocycles. The van der Waals surface area contributed by atoms with Crippen LogP contribution < -0.4 is 9.47 Å². The molecule has 0 saturated heterocycles. The van der Waals surface area contributed by atoms with Crippen molar-refractivity contribution in [2.24, 2.45) is 0 Å². The third kappa shape index (κ3) is 2.96. The zero-order valence-corrected chi connectivity index (χ0v) is 9.94. The molecule has 1 aromatic heterocycles. The monoisotopic (exact) mass is 269 g/mol. The summed E-state index contributed by atoms with van der Waals surface area (Å²) in [6.07, 6.45) is -3.23. The van der Waals surface area contributed by atoms with E-state index in [0.29, 0.717) is 10.3 Å². The van der Waals surface area contributed by atoms with Crippen LogP contribution in [0.2, 0.25) is 0 Å². The minimum atomic E-state index is -4.45. The lowest BCUT2D eigenvalue weighted by Gasteiger charge is -2.10. The van der Waals surface area contributed by atoms with Gasteiger partial charge in [-0.15, -0.1) is 4.73 Å². The van der Waals surface area contributed by atoms with Gasteiger partial charge in [-0.05, 0) is 31.2 Å². The molecule has 0 aliphatic heterocycles. The molecular weight excluding hydrogens is 259 g/mol. The van der Waals surface area contributed by atoms with Gasteiger partial charge in [0.05, 0.1) is 11.1 Å². The first kappa shape index (κ1) is 13.2. The fourth-order valence-electron chi connectivity index (χ4n) is 1.55. The van der Waals surface area contributed by atoms with E-state index in [0.717, 1.165) is 12.1 Å². The number of alkyl halides is 3. The lowest BCUT2D eigenvalue weighted by Crippen LogP contribution is -2.28. The Morgan fingerprint density at radius 3 is 2.53 bits per heavy atom. The zero-order chi connectivity index (χ0) is 14.0. The molecule has 0 saturated carbocycles. The number of pyridine rings is 1. The molecule has 2 aromatic rings. The number of aromatic nitrogens is 1. The summed E-state index contributed by atoms with van der Waals surface area (Å²) in [5.41, 5.74) is -0.286. The van der Waals surface area contributed by atoms with Crippen molar-refractivity contribution in [3.05, 3.63) is 58.9 Å². The van der Waals surface area contributed by atoms with E-state index in [2.05, 4.69) is 0 Å². The van der Waals surface area contributed by atoms with Crippen molar-refractivity contribution in [3.63, 3.8) is 0 Å². The summed E-state index contributed by atoms with van der Waals surface area (Å²) in [6, 6.07) is 7.55. The van der Waals surface area contributed by atoms with Crippen molar-refractivity contribution in [2.45, 2.75) is 13.1 Å². The molecular formula is C13H10F3NO2. The van der Waals surface area contributed by atoms with Crippen molar-refractivity contribution in [1.82, 2.24) is 0 Å². The SMILES string of the molecule is Cc1ccc[n+]([O-])c1Oc1cccc(C(F)(F)F)c1. The average Bonchev–Trinajstić information content (AvgIpc) is 2.33. The summed E-state index contributed by atoms with van der Waals surface area (Å²) < 4.78 is 43.3. The molecule has 0 unspecified atom stereocenters. The van der Waals surface area contributed by atoms with Crippen LogP contribution in [0.4, 0.5) is 13.2 Å². The van der Waals surface area contributed by atoms with E-state index in [1.54, 1.807) is 13.0 Å². The van der Waals surface area contributed by atoms with E-state index in [4.69, 9.17) is 4.74 Å². The molecule has 19 heavy (non-hydrogen) atoms. The van der Waals surface area contributed by atoms with E-state index in [1.165, 1.54) is 24.4 Å². The van der Waals surface area contributed by atoms with Crippen LogP contribution in [0.5, 0.6) is 11.6 Å². The van der Waals surface area contributed by atoms with Gasteiger partial charge in [0.1, 0.15) is 5.75 Å². The number of hydrogen-bond donors (Lipinski definition) is 0. The van der Waals surface area contributed by atoms with Crippen LogP contribution in [0.25, 0.3) is 0 Å². The van der Waals surface area contributed by atoms with Crippen LogP contribution in [0, 0.1) is 12.1 Å². The molecule has 0 bridgehead atoms. The lowest BCUT2D eigenvalue weighted by molar-refractivity contribution is -0.611. The van der Waals surface area contributed by atoms with Gasteiger partial charge in [-0.2, -0.15) is 13.2 Å². The summed E-state index contributed by atoms with van der Waals surface area (Å²) in [5, 5.41) is 11.5. The summed E-state index contributed by atoms with van der Waals surface area (Å²) in [5.74, 6) is -0.0736. The number of nitrogens with zero attached hydrogens (tertiary/aromatic N) is 1. The number of ether oxygens (including phenoxy) is 1.